The molecule has 1 aliphatic heterocycles. The predicted octanol–water partition coefficient (Wildman–Crippen LogP) is 0.657. The average molecular weight is 249 g/mol. The molecule has 1 atom stereocenters. The van der Waals surface area contributed by atoms with Crippen LogP contribution in [0.3, 0.4) is 0 Å². The number of carbonyl (C=O) groups is 2. The zero-order chi connectivity index (χ0) is 13.1. The Hall–Kier alpha value is -2.24. The number of nitrogen functional groups attached to an aromatic ring is 1. The lowest BCUT2D eigenvalue weighted by Crippen LogP contribution is -2.44. The summed E-state index contributed by atoms with van der Waals surface area (Å²) in [5, 5.41) is 14.8. The number of carboxylic acids is 1. The molecule has 1 unspecified atom stereocenters. The highest BCUT2D eigenvalue weighted by atomic mass is 16.4. The number of hydrogen-bond donors (Lipinski definition) is 4. The van der Waals surface area contributed by atoms with E-state index in [-0.39, 0.29) is 17.5 Å². The fraction of sp³-hybridized carbons (Fsp3) is 0.333. The van der Waals surface area contributed by atoms with Crippen LogP contribution in [0.25, 0.3) is 0 Å². The molecule has 1 aliphatic rings. The molecule has 1 aromatic rings. The fourth-order valence-corrected chi connectivity index (χ4v) is 1.96. The summed E-state index contributed by atoms with van der Waals surface area (Å²) >= 11 is 0. The highest BCUT2D eigenvalue weighted by Crippen LogP contribution is 2.21. The molecule has 0 aromatic heterocycles. The third-order valence-corrected chi connectivity index (χ3v) is 2.89. The predicted molar refractivity (Wildman–Crippen MR) is 67.5 cm³/mol. The Morgan fingerprint density at radius 1 is 1.50 bits per heavy atom. The van der Waals surface area contributed by atoms with Crippen LogP contribution in [0, 0.1) is 0 Å². The molecule has 6 nitrogen and oxygen atoms in total. The summed E-state index contributed by atoms with van der Waals surface area (Å²) in [4.78, 5) is 22.7. The van der Waals surface area contributed by atoms with E-state index in [0.717, 1.165) is 6.42 Å². The first kappa shape index (κ1) is 12.2. The van der Waals surface area contributed by atoms with Crippen LogP contribution in [0.2, 0.25) is 0 Å². The van der Waals surface area contributed by atoms with E-state index >= 15 is 0 Å². The van der Waals surface area contributed by atoms with Gasteiger partial charge >= 0.3 is 5.97 Å². The zero-order valence-electron chi connectivity index (χ0n) is 9.77. The maximum atomic E-state index is 11.6. The molecule has 5 N–H and O–H groups in total. The maximum absolute atomic E-state index is 11.6. The van der Waals surface area contributed by atoms with Crippen LogP contribution in [0.4, 0.5) is 11.4 Å². The number of benzene rings is 1. The topological polar surface area (TPSA) is 104 Å². The number of nitrogens with one attached hydrogen (secondary N) is 2. The number of hydrogen-bond acceptors (Lipinski definition) is 4. The van der Waals surface area contributed by atoms with Crippen LogP contribution in [0.1, 0.15) is 23.2 Å². The quantitative estimate of drug-likeness (QED) is 0.589. The van der Waals surface area contributed by atoms with E-state index in [1.54, 1.807) is 12.1 Å². The summed E-state index contributed by atoms with van der Waals surface area (Å²) in [5.41, 5.74) is 6.43. The minimum Gasteiger partial charge on any atom is -0.478 e. The summed E-state index contributed by atoms with van der Waals surface area (Å²) in [6.07, 6.45) is 1.57. The molecule has 0 spiro atoms. The molecule has 0 aliphatic carbocycles. The van der Waals surface area contributed by atoms with E-state index in [4.69, 9.17) is 10.8 Å². The SMILES string of the molecule is Nc1ccc(NC2CCCNC2=O)c(C(=O)O)c1. The molecule has 1 heterocycles. The largest absolute Gasteiger partial charge is 0.478 e. The van der Waals surface area contributed by atoms with E-state index in [1.807, 2.05) is 0 Å². The van der Waals surface area contributed by atoms with Crippen LogP contribution < -0.4 is 16.4 Å². The van der Waals surface area contributed by atoms with Gasteiger partial charge in [0, 0.05) is 17.9 Å². The van der Waals surface area contributed by atoms with Crippen molar-refractivity contribution in [3.8, 4) is 0 Å². The molecule has 1 aromatic carbocycles. The summed E-state index contributed by atoms with van der Waals surface area (Å²) < 4.78 is 0. The fourth-order valence-electron chi connectivity index (χ4n) is 1.96. The normalized spacial score (nSPS) is 19.1. The molecule has 0 saturated carbocycles. The molecule has 1 fully saturated rings. The van der Waals surface area contributed by atoms with Crippen LogP contribution in [0.15, 0.2) is 18.2 Å². The molecule has 18 heavy (non-hydrogen) atoms. The maximum Gasteiger partial charge on any atom is 0.337 e. The van der Waals surface area contributed by atoms with Crippen molar-refractivity contribution in [1.29, 1.82) is 0 Å². The van der Waals surface area contributed by atoms with Gasteiger partial charge in [-0.2, -0.15) is 0 Å². The van der Waals surface area contributed by atoms with Crippen molar-refractivity contribution >= 4 is 23.3 Å². The van der Waals surface area contributed by atoms with Gasteiger partial charge in [0.2, 0.25) is 5.91 Å². The third kappa shape index (κ3) is 2.53. The van der Waals surface area contributed by atoms with Crippen molar-refractivity contribution in [1.82, 2.24) is 5.32 Å². The number of amides is 1. The van der Waals surface area contributed by atoms with Gasteiger partial charge < -0.3 is 21.5 Å². The lowest BCUT2D eigenvalue weighted by atomic mass is 10.0. The smallest absolute Gasteiger partial charge is 0.337 e. The van der Waals surface area contributed by atoms with Gasteiger partial charge in [-0.3, -0.25) is 4.79 Å². The Labute approximate surface area is 104 Å². The first-order valence-electron chi connectivity index (χ1n) is 5.75. The van der Waals surface area contributed by atoms with Gasteiger partial charge in [0.25, 0.3) is 0 Å². The van der Waals surface area contributed by atoms with Crippen molar-refractivity contribution in [3.63, 3.8) is 0 Å². The van der Waals surface area contributed by atoms with Crippen molar-refractivity contribution in [2.24, 2.45) is 0 Å². The van der Waals surface area contributed by atoms with Gasteiger partial charge in [0.1, 0.15) is 6.04 Å². The average Bonchev–Trinajstić information content (AvgIpc) is 2.34. The number of carbonyl (C=O) groups excluding carboxylic acids is 1. The minimum absolute atomic E-state index is 0.0772. The first-order valence-corrected chi connectivity index (χ1v) is 5.75. The number of nitrogens with two attached hydrogens (primary N) is 1. The number of aromatic carboxylic acids is 1. The Morgan fingerprint density at radius 3 is 2.94 bits per heavy atom. The highest BCUT2D eigenvalue weighted by Gasteiger charge is 2.23. The second-order valence-corrected chi connectivity index (χ2v) is 4.24. The molecular weight excluding hydrogens is 234 g/mol. The molecule has 1 amide bonds. The van der Waals surface area contributed by atoms with Crippen LogP contribution in [-0.4, -0.2) is 29.6 Å². The van der Waals surface area contributed by atoms with Crippen molar-refractivity contribution in [3.05, 3.63) is 23.8 Å². The lowest BCUT2D eigenvalue weighted by Gasteiger charge is -2.24. The summed E-state index contributed by atoms with van der Waals surface area (Å²) in [6.45, 7) is 0.671. The Morgan fingerprint density at radius 2 is 2.28 bits per heavy atom. The highest BCUT2D eigenvalue weighted by molar-refractivity contribution is 5.96. The van der Waals surface area contributed by atoms with E-state index in [9.17, 15) is 9.59 Å². The molecule has 96 valence electrons. The summed E-state index contributed by atoms with van der Waals surface area (Å²) in [7, 11) is 0. The minimum atomic E-state index is -1.07. The lowest BCUT2D eigenvalue weighted by molar-refractivity contribution is -0.123. The van der Waals surface area contributed by atoms with Crippen molar-refractivity contribution in [2.75, 3.05) is 17.6 Å². The number of carboxylic acid groups (broad SMARTS) is 1. The van der Waals surface area contributed by atoms with Crippen LogP contribution in [-0.2, 0) is 4.79 Å². The Kier molecular flexibility index (Phi) is 3.36. The van der Waals surface area contributed by atoms with Crippen LogP contribution in [0.5, 0.6) is 0 Å². The van der Waals surface area contributed by atoms with Gasteiger partial charge in [-0.25, -0.2) is 4.79 Å². The molecular formula is C12H15N3O3. The molecule has 6 heteroatoms. The van der Waals surface area contributed by atoms with E-state index < -0.39 is 5.97 Å². The van der Waals surface area contributed by atoms with Gasteiger partial charge in [-0.1, -0.05) is 0 Å². The third-order valence-electron chi connectivity index (χ3n) is 2.89. The molecule has 2 rings (SSSR count). The zero-order valence-corrected chi connectivity index (χ0v) is 9.77. The number of piperidine rings is 1. The second kappa shape index (κ2) is 4.95. The van der Waals surface area contributed by atoms with Crippen molar-refractivity contribution in [2.45, 2.75) is 18.9 Å². The van der Waals surface area contributed by atoms with E-state index in [1.165, 1.54) is 6.07 Å². The van der Waals surface area contributed by atoms with Crippen LogP contribution >= 0.6 is 0 Å². The van der Waals surface area contributed by atoms with Gasteiger partial charge in [0.15, 0.2) is 0 Å². The van der Waals surface area contributed by atoms with Gasteiger partial charge in [-0.05, 0) is 31.0 Å². The monoisotopic (exact) mass is 249 g/mol. The van der Waals surface area contributed by atoms with Gasteiger partial charge in [0.05, 0.1) is 5.56 Å². The van der Waals surface area contributed by atoms with Crippen molar-refractivity contribution < 1.29 is 14.7 Å². The Bertz CT molecular complexity index is 487. The Balaban J connectivity index is 2.22. The second-order valence-electron chi connectivity index (χ2n) is 4.24. The first-order chi connectivity index (χ1) is 8.58. The van der Waals surface area contributed by atoms with Gasteiger partial charge in [-0.15, -0.1) is 0 Å². The van der Waals surface area contributed by atoms with E-state index in [2.05, 4.69) is 10.6 Å². The van der Waals surface area contributed by atoms with E-state index in [0.29, 0.717) is 24.3 Å². The molecule has 0 bridgehead atoms. The number of anilines is 2. The molecule has 1 saturated heterocycles. The summed E-state index contributed by atoms with van der Waals surface area (Å²) in [6, 6.07) is 4.18. The summed E-state index contributed by atoms with van der Waals surface area (Å²) in [5.74, 6) is -1.17. The number of rotatable bonds is 3. The standard InChI is InChI=1S/C12H15N3O3/c13-7-3-4-9(8(6-7)12(17)18)15-10-2-1-5-14-11(10)16/h3-4,6,10,15H,1-2,5,13H2,(H,14,16)(H,17,18). The molecule has 0 radical (unpaired) electrons.